The fourth-order valence-corrected chi connectivity index (χ4v) is 4.19. The molecule has 0 saturated carbocycles. The molecule has 1 aromatic carbocycles. The maximum Gasteiger partial charge on any atom is 0.261 e. The van der Waals surface area contributed by atoms with Gasteiger partial charge in [0.25, 0.3) is 5.92 Å². The third-order valence-electron chi connectivity index (χ3n) is 5.95. The van der Waals surface area contributed by atoms with Gasteiger partial charge in [-0.15, -0.1) is 0 Å². The number of alkyl halides is 2. The van der Waals surface area contributed by atoms with E-state index in [-0.39, 0.29) is 35.8 Å². The smallest absolute Gasteiger partial charge is 0.261 e. The molecule has 34 heavy (non-hydrogen) atoms. The number of hydrogen-bond acceptors (Lipinski definition) is 7. The van der Waals surface area contributed by atoms with Crippen molar-refractivity contribution in [2.24, 2.45) is 4.99 Å². The van der Waals surface area contributed by atoms with E-state index in [0.29, 0.717) is 36.6 Å². The Bertz CT molecular complexity index is 1310. The minimum Gasteiger partial charge on any atom is -0.396 e. The SMILES string of the molecule is N=C(C1=NCc2cccnc2N1)c1cc(-c2cncc(CN3CCC(F)(F)C3)c2)cc(F)c1N. The Labute approximate surface area is 194 Å². The van der Waals surface area contributed by atoms with Crippen LogP contribution in [-0.4, -0.2) is 45.4 Å². The predicted octanol–water partition coefficient (Wildman–Crippen LogP) is 4.10. The van der Waals surface area contributed by atoms with Crippen LogP contribution in [0.5, 0.6) is 0 Å². The number of fused-ring (bicyclic) bond motifs is 1. The summed E-state index contributed by atoms with van der Waals surface area (Å²) in [5.41, 5.74) is 8.67. The molecule has 0 unspecified atom stereocenters. The maximum absolute atomic E-state index is 14.8. The molecule has 3 aromatic rings. The molecule has 2 aromatic heterocycles. The topological polar surface area (TPSA) is 103 Å². The quantitative estimate of drug-likeness (QED) is 0.389. The number of benzene rings is 1. The van der Waals surface area contributed by atoms with Gasteiger partial charge in [-0.2, -0.15) is 0 Å². The molecule has 0 aliphatic carbocycles. The van der Waals surface area contributed by atoms with Gasteiger partial charge in [-0.1, -0.05) is 6.07 Å². The van der Waals surface area contributed by atoms with E-state index < -0.39 is 11.7 Å². The van der Waals surface area contributed by atoms with E-state index >= 15 is 0 Å². The first kappa shape index (κ1) is 22.0. The van der Waals surface area contributed by atoms with Gasteiger partial charge in [0, 0.05) is 54.8 Å². The lowest BCUT2D eigenvalue weighted by Crippen LogP contribution is -2.28. The van der Waals surface area contributed by atoms with Crippen LogP contribution in [-0.2, 0) is 13.1 Å². The number of nitrogens with two attached hydrogens (primary N) is 1. The Morgan fingerprint density at radius 1 is 1.21 bits per heavy atom. The second kappa shape index (κ2) is 8.53. The zero-order valence-corrected chi connectivity index (χ0v) is 18.2. The number of aromatic nitrogens is 2. The van der Waals surface area contributed by atoms with Crippen molar-refractivity contribution in [3.63, 3.8) is 0 Å². The van der Waals surface area contributed by atoms with Crippen molar-refractivity contribution in [2.45, 2.75) is 25.4 Å². The van der Waals surface area contributed by atoms with Gasteiger partial charge >= 0.3 is 0 Å². The van der Waals surface area contributed by atoms with E-state index in [1.165, 1.54) is 6.07 Å². The van der Waals surface area contributed by atoms with Crippen LogP contribution < -0.4 is 11.1 Å². The lowest BCUT2D eigenvalue weighted by Gasteiger charge is -2.19. The minimum atomic E-state index is -2.67. The summed E-state index contributed by atoms with van der Waals surface area (Å²) in [7, 11) is 0. The summed E-state index contributed by atoms with van der Waals surface area (Å²) in [5.74, 6) is -2.50. The second-order valence-corrected chi connectivity index (χ2v) is 8.49. The Morgan fingerprint density at radius 3 is 2.85 bits per heavy atom. The summed E-state index contributed by atoms with van der Waals surface area (Å²) in [4.78, 5) is 14.5. The van der Waals surface area contributed by atoms with Crippen molar-refractivity contribution in [3.05, 3.63) is 71.4 Å². The van der Waals surface area contributed by atoms with Gasteiger partial charge in [-0.25, -0.2) is 18.2 Å². The normalized spacial score (nSPS) is 17.1. The average Bonchev–Trinajstić information content (AvgIpc) is 3.18. The van der Waals surface area contributed by atoms with E-state index in [0.717, 1.165) is 11.1 Å². The van der Waals surface area contributed by atoms with Crippen LogP contribution >= 0.6 is 0 Å². The van der Waals surface area contributed by atoms with Crippen molar-refractivity contribution in [1.82, 2.24) is 14.9 Å². The number of halogens is 3. The number of pyridine rings is 2. The number of aliphatic imine (C=N–C) groups is 1. The molecule has 0 spiro atoms. The second-order valence-electron chi connectivity index (χ2n) is 8.49. The highest BCUT2D eigenvalue weighted by Gasteiger charge is 2.37. The first-order chi connectivity index (χ1) is 16.3. The average molecular weight is 465 g/mol. The molecule has 0 bridgehead atoms. The van der Waals surface area contributed by atoms with Crippen molar-refractivity contribution >= 4 is 23.1 Å². The van der Waals surface area contributed by atoms with Gasteiger partial charge in [0.15, 0.2) is 5.84 Å². The van der Waals surface area contributed by atoms with E-state index in [2.05, 4.69) is 20.3 Å². The van der Waals surface area contributed by atoms with Crippen molar-refractivity contribution in [3.8, 4) is 11.1 Å². The van der Waals surface area contributed by atoms with Gasteiger partial charge in [0.05, 0.1) is 18.8 Å². The first-order valence-corrected chi connectivity index (χ1v) is 10.8. The molecular formula is C24H22F3N7. The molecule has 10 heteroatoms. The Hall–Kier alpha value is -3.79. The summed E-state index contributed by atoms with van der Waals surface area (Å²) >= 11 is 0. The molecule has 4 heterocycles. The number of rotatable bonds is 5. The van der Waals surface area contributed by atoms with Crippen LogP contribution in [0.2, 0.25) is 0 Å². The number of nitrogens with zero attached hydrogens (tertiary/aromatic N) is 4. The predicted molar refractivity (Wildman–Crippen MR) is 125 cm³/mol. The van der Waals surface area contributed by atoms with Crippen LogP contribution in [0, 0.1) is 11.2 Å². The van der Waals surface area contributed by atoms with E-state index in [4.69, 9.17) is 11.1 Å². The van der Waals surface area contributed by atoms with Gasteiger partial charge < -0.3 is 11.1 Å². The molecular weight excluding hydrogens is 443 g/mol. The number of likely N-dealkylation sites (tertiary alicyclic amines) is 1. The van der Waals surface area contributed by atoms with Crippen molar-refractivity contribution in [1.29, 1.82) is 5.41 Å². The standard InChI is InChI=1S/C24H22F3N7/c25-19-8-16(17-6-14(9-30-10-17)12-34-5-3-24(26,27)13-34)7-18(20(19)28)21(29)23-32-11-15-2-1-4-31-22(15)33-23/h1-2,4,6-10,29H,3,5,11-13,28H2,(H,31,32,33). The van der Waals surface area contributed by atoms with Gasteiger partial charge in [0.1, 0.15) is 17.3 Å². The summed E-state index contributed by atoms with van der Waals surface area (Å²) in [6.07, 6.45) is 4.65. The van der Waals surface area contributed by atoms with Crippen LogP contribution in [0.3, 0.4) is 0 Å². The van der Waals surface area contributed by atoms with Crippen molar-refractivity contribution in [2.75, 3.05) is 24.1 Å². The summed E-state index contributed by atoms with van der Waals surface area (Å²) in [5, 5.41) is 11.6. The van der Waals surface area contributed by atoms with E-state index in [1.807, 2.05) is 6.07 Å². The lowest BCUT2D eigenvalue weighted by atomic mass is 9.98. The van der Waals surface area contributed by atoms with E-state index in [1.54, 1.807) is 41.7 Å². The summed E-state index contributed by atoms with van der Waals surface area (Å²) in [6.45, 7) is 0.686. The number of nitrogens with one attached hydrogen (secondary N) is 2. The number of nitrogen functional groups attached to an aromatic ring is 1. The Balaban J connectivity index is 1.42. The summed E-state index contributed by atoms with van der Waals surface area (Å²) in [6, 6.07) is 8.38. The molecule has 4 N–H and O–H groups in total. The first-order valence-electron chi connectivity index (χ1n) is 10.8. The molecule has 0 atom stereocenters. The Kier molecular flexibility index (Phi) is 5.52. The number of anilines is 2. The molecule has 0 amide bonds. The zero-order valence-electron chi connectivity index (χ0n) is 18.2. The summed E-state index contributed by atoms with van der Waals surface area (Å²) < 4.78 is 41.9. The molecule has 2 aliphatic heterocycles. The highest BCUT2D eigenvalue weighted by molar-refractivity contribution is 6.51. The molecule has 5 rings (SSSR count). The monoisotopic (exact) mass is 465 g/mol. The molecule has 7 nitrogen and oxygen atoms in total. The number of amidine groups is 1. The third kappa shape index (κ3) is 4.36. The van der Waals surface area contributed by atoms with Gasteiger partial charge in [-0.05, 0) is 35.4 Å². The Morgan fingerprint density at radius 2 is 2.06 bits per heavy atom. The van der Waals surface area contributed by atoms with E-state index in [9.17, 15) is 13.2 Å². The van der Waals surface area contributed by atoms with Crippen molar-refractivity contribution < 1.29 is 13.2 Å². The third-order valence-corrected chi connectivity index (χ3v) is 5.95. The fraction of sp³-hybridized carbons (Fsp3) is 0.250. The van der Waals surface area contributed by atoms with Crippen LogP contribution in [0.4, 0.5) is 24.7 Å². The largest absolute Gasteiger partial charge is 0.396 e. The van der Waals surface area contributed by atoms with Crippen LogP contribution in [0.15, 0.2) is 53.9 Å². The van der Waals surface area contributed by atoms with Gasteiger partial charge in [0.2, 0.25) is 0 Å². The fourth-order valence-electron chi connectivity index (χ4n) is 4.19. The molecule has 0 radical (unpaired) electrons. The maximum atomic E-state index is 14.8. The lowest BCUT2D eigenvalue weighted by molar-refractivity contribution is 0.0115. The minimum absolute atomic E-state index is 0.0574. The molecule has 2 aliphatic rings. The van der Waals surface area contributed by atoms with Crippen LogP contribution in [0.25, 0.3) is 11.1 Å². The van der Waals surface area contributed by atoms with Crippen LogP contribution in [0.1, 0.15) is 23.1 Å². The zero-order chi connectivity index (χ0) is 23.9. The molecule has 1 saturated heterocycles. The highest BCUT2D eigenvalue weighted by Crippen LogP contribution is 2.30. The highest BCUT2D eigenvalue weighted by atomic mass is 19.3. The number of hydrogen-bond donors (Lipinski definition) is 3. The van der Waals surface area contributed by atoms with Gasteiger partial charge in [-0.3, -0.25) is 20.3 Å². The molecule has 174 valence electrons. The molecule has 1 fully saturated rings.